The van der Waals surface area contributed by atoms with E-state index in [4.69, 9.17) is 10.5 Å². The first-order valence-corrected chi connectivity index (χ1v) is 7.78. The molecule has 0 bridgehead atoms. The summed E-state index contributed by atoms with van der Waals surface area (Å²) in [5.74, 6) is 0.869. The van der Waals surface area contributed by atoms with Crippen LogP contribution >= 0.6 is 0 Å². The van der Waals surface area contributed by atoms with E-state index in [-0.39, 0.29) is 5.78 Å². The number of fused-ring (bicyclic) bond motifs is 1. The Morgan fingerprint density at radius 1 is 1.13 bits per heavy atom. The molecule has 4 nitrogen and oxygen atoms in total. The van der Waals surface area contributed by atoms with Gasteiger partial charge in [-0.25, -0.2) is 0 Å². The number of nitrogens with one attached hydrogen (secondary N) is 1. The third-order valence-electron chi connectivity index (χ3n) is 3.80. The molecule has 2 aromatic carbocycles. The lowest BCUT2D eigenvalue weighted by Crippen LogP contribution is -2.08. The van der Waals surface area contributed by atoms with Crippen LogP contribution in [0.1, 0.15) is 22.3 Å². The molecule has 4 heteroatoms. The van der Waals surface area contributed by atoms with Crippen LogP contribution < -0.4 is 10.5 Å². The second-order valence-electron chi connectivity index (χ2n) is 5.49. The summed E-state index contributed by atoms with van der Waals surface area (Å²) in [6, 6.07) is 15.5. The number of hydrogen-bond acceptors (Lipinski definition) is 3. The van der Waals surface area contributed by atoms with Gasteiger partial charge in [0, 0.05) is 29.1 Å². The van der Waals surface area contributed by atoms with E-state index in [1.54, 1.807) is 0 Å². The number of aromatic nitrogens is 1. The highest BCUT2D eigenvalue weighted by Crippen LogP contribution is 2.20. The highest BCUT2D eigenvalue weighted by atomic mass is 16.5. The third-order valence-corrected chi connectivity index (χ3v) is 3.80. The number of nitrogens with two attached hydrogens (primary N) is 1. The number of benzene rings is 2. The van der Waals surface area contributed by atoms with E-state index in [0.29, 0.717) is 19.6 Å². The summed E-state index contributed by atoms with van der Waals surface area (Å²) in [6.45, 7) is 0.957. The predicted molar refractivity (Wildman–Crippen MR) is 91.9 cm³/mol. The average Bonchev–Trinajstić information content (AvgIpc) is 3.03. The first-order chi connectivity index (χ1) is 11.3. The minimum Gasteiger partial charge on any atom is -0.493 e. The lowest BCUT2D eigenvalue weighted by atomic mass is 10.0. The molecule has 0 aliphatic rings. The number of aromatic amines is 1. The largest absolute Gasteiger partial charge is 0.493 e. The van der Waals surface area contributed by atoms with Crippen molar-refractivity contribution in [3.8, 4) is 5.75 Å². The van der Waals surface area contributed by atoms with Crippen molar-refractivity contribution >= 4 is 16.7 Å². The molecule has 0 amide bonds. The van der Waals surface area contributed by atoms with E-state index in [2.05, 4.69) is 4.98 Å². The van der Waals surface area contributed by atoms with Crippen LogP contribution in [0.5, 0.6) is 5.75 Å². The molecule has 0 spiro atoms. The second-order valence-corrected chi connectivity index (χ2v) is 5.49. The first-order valence-electron chi connectivity index (χ1n) is 7.78. The Hall–Kier alpha value is -2.59. The van der Waals surface area contributed by atoms with Crippen molar-refractivity contribution in [1.29, 1.82) is 0 Å². The predicted octanol–water partition coefficient (Wildman–Crippen LogP) is 3.32. The van der Waals surface area contributed by atoms with Gasteiger partial charge in [0.05, 0.1) is 6.61 Å². The average molecular weight is 308 g/mol. The van der Waals surface area contributed by atoms with Crippen LogP contribution in [-0.4, -0.2) is 23.9 Å². The van der Waals surface area contributed by atoms with Gasteiger partial charge in [-0.1, -0.05) is 18.2 Å². The molecule has 3 rings (SSSR count). The molecule has 3 aromatic rings. The van der Waals surface area contributed by atoms with Gasteiger partial charge in [0.15, 0.2) is 5.78 Å². The summed E-state index contributed by atoms with van der Waals surface area (Å²) in [5, 5.41) is 1.10. The lowest BCUT2D eigenvalue weighted by Gasteiger charge is -2.07. The number of hydrogen-bond donors (Lipinski definition) is 2. The van der Waals surface area contributed by atoms with Crippen LogP contribution in [0.15, 0.2) is 54.7 Å². The number of H-pyrrole nitrogens is 1. The van der Waals surface area contributed by atoms with Crippen molar-refractivity contribution in [2.75, 3.05) is 13.2 Å². The van der Waals surface area contributed by atoms with Crippen molar-refractivity contribution < 1.29 is 9.53 Å². The van der Waals surface area contributed by atoms with Gasteiger partial charge in [-0.05, 0) is 48.9 Å². The number of ether oxygens (including phenoxy) is 1. The van der Waals surface area contributed by atoms with E-state index in [0.717, 1.165) is 34.2 Å². The van der Waals surface area contributed by atoms with Crippen LogP contribution in [0.25, 0.3) is 10.9 Å². The van der Waals surface area contributed by atoms with Crippen molar-refractivity contribution in [3.63, 3.8) is 0 Å². The Morgan fingerprint density at radius 3 is 2.91 bits per heavy atom. The first kappa shape index (κ1) is 15.3. The number of carbonyl (C=O) groups excluding carboxylic acids is 1. The van der Waals surface area contributed by atoms with Gasteiger partial charge in [0.25, 0.3) is 0 Å². The fraction of sp³-hybridized carbons (Fsp3) is 0.211. The molecule has 0 aliphatic carbocycles. The van der Waals surface area contributed by atoms with Gasteiger partial charge in [-0.2, -0.15) is 0 Å². The van der Waals surface area contributed by atoms with Gasteiger partial charge >= 0.3 is 0 Å². The van der Waals surface area contributed by atoms with Gasteiger partial charge < -0.3 is 15.5 Å². The van der Waals surface area contributed by atoms with Crippen LogP contribution in [0.2, 0.25) is 0 Å². The minimum absolute atomic E-state index is 0.0894. The maximum Gasteiger partial charge on any atom is 0.166 e. The summed E-state index contributed by atoms with van der Waals surface area (Å²) in [4.78, 5) is 15.4. The summed E-state index contributed by atoms with van der Waals surface area (Å²) in [5.41, 5.74) is 8.45. The van der Waals surface area contributed by atoms with E-state index in [1.807, 2.05) is 54.7 Å². The number of rotatable bonds is 7. The zero-order valence-corrected chi connectivity index (χ0v) is 12.9. The highest BCUT2D eigenvalue weighted by molar-refractivity contribution is 5.96. The molecule has 0 unspecified atom stereocenters. The minimum atomic E-state index is 0.0894. The lowest BCUT2D eigenvalue weighted by molar-refractivity contribution is 0.0962. The molecule has 3 N–H and O–H groups in total. The maximum atomic E-state index is 12.2. The van der Waals surface area contributed by atoms with Gasteiger partial charge in [-0.3, -0.25) is 4.79 Å². The zero-order valence-electron chi connectivity index (χ0n) is 12.9. The summed E-state index contributed by atoms with van der Waals surface area (Å²) >= 11 is 0. The molecule has 1 aromatic heterocycles. The normalized spacial score (nSPS) is 10.8. The Bertz CT molecular complexity index is 808. The van der Waals surface area contributed by atoms with E-state index in [1.165, 1.54) is 0 Å². The Morgan fingerprint density at radius 2 is 2.04 bits per heavy atom. The number of carbonyl (C=O) groups is 1. The quantitative estimate of drug-likeness (QED) is 0.658. The summed E-state index contributed by atoms with van der Waals surface area (Å²) < 4.78 is 5.70. The molecular formula is C19H20N2O2. The molecule has 0 aliphatic heterocycles. The summed E-state index contributed by atoms with van der Waals surface area (Å²) in [6.07, 6.45) is 3.04. The van der Waals surface area contributed by atoms with Crippen molar-refractivity contribution in [2.24, 2.45) is 5.73 Å². The topological polar surface area (TPSA) is 68.1 Å². The van der Waals surface area contributed by atoms with Crippen LogP contribution in [-0.2, 0) is 6.42 Å². The molecule has 23 heavy (non-hydrogen) atoms. The monoisotopic (exact) mass is 308 g/mol. The molecule has 0 atom stereocenters. The molecule has 0 radical (unpaired) electrons. The van der Waals surface area contributed by atoms with Crippen molar-refractivity contribution in [1.82, 2.24) is 4.98 Å². The fourth-order valence-corrected chi connectivity index (χ4v) is 2.59. The Labute approximate surface area is 135 Å². The smallest absolute Gasteiger partial charge is 0.166 e. The number of ketones is 1. The van der Waals surface area contributed by atoms with Gasteiger partial charge in [0.2, 0.25) is 0 Å². The van der Waals surface area contributed by atoms with Crippen molar-refractivity contribution in [3.05, 3.63) is 65.9 Å². The van der Waals surface area contributed by atoms with E-state index >= 15 is 0 Å². The van der Waals surface area contributed by atoms with Gasteiger partial charge in [0.1, 0.15) is 5.75 Å². The van der Waals surface area contributed by atoms with Crippen molar-refractivity contribution in [2.45, 2.75) is 12.8 Å². The molecule has 0 saturated heterocycles. The van der Waals surface area contributed by atoms with Gasteiger partial charge in [-0.15, -0.1) is 0 Å². The third kappa shape index (κ3) is 3.79. The highest BCUT2D eigenvalue weighted by Gasteiger charge is 2.07. The number of Topliss-reactive ketones (excluding diaryl/α,β-unsaturated/α-hetero) is 1. The molecule has 0 fully saturated rings. The fourth-order valence-electron chi connectivity index (χ4n) is 2.59. The van der Waals surface area contributed by atoms with E-state index < -0.39 is 0 Å². The Kier molecular flexibility index (Phi) is 4.74. The van der Waals surface area contributed by atoms with Crippen LogP contribution in [0.4, 0.5) is 0 Å². The molecule has 118 valence electrons. The van der Waals surface area contributed by atoms with Crippen LogP contribution in [0.3, 0.4) is 0 Å². The zero-order chi connectivity index (χ0) is 16.1. The molecular weight excluding hydrogens is 288 g/mol. The maximum absolute atomic E-state index is 12.2. The molecule has 1 heterocycles. The van der Waals surface area contributed by atoms with Crippen LogP contribution in [0, 0.1) is 0 Å². The summed E-state index contributed by atoms with van der Waals surface area (Å²) in [7, 11) is 0. The van der Waals surface area contributed by atoms with E-state index in [9.17, 15) is 4.79 Å². The molecule has 0 saturated carbocycles. The SMILES string of the molecule is NCCc1cccc(C(=O)CCOc2ccc3[nH]ccc3c2)c1. The standard InChI is InChI=1S/C19H20N2O2/c20-9-6-14-2-1-3-16(12-14)19(22)8-11-23-17-4-5-18-15(13-17)7-10-21-18/h1-5,7,10,12-13,21H,6,8-9,11,20H2. The second kappa shape index (κ2) is 7.11. The Balaban J connectivity index is 1.57.